The second-order valence-corrected chi connectivity index (χ2v) is 28.9. The molecule has 1 aromatic carbocycles. The number of imidazole rings is 2. The quantitative estimate of drug-likeness (QED) is 0.0142. The third-order valence-corrected chi connectivity index (χ3v) is 19.0. The van der Waals surface area contributed by atoms with Crippen LogP contribution in [0.2, 0.25) is 0 Å². The van der Waals surface area contributed by atoms with Gasteiger partial charge in [0.15, 0.2) is 5.96 Å². The highest BCUT2D eigenvalue weighted by atomic mass is 16.4. The van der Waals surface area contributed by atoms with E-state index < -0.39 is 243 Å². The number of aromatic nitrogens is 4. The molecular weight excluding hydrogens is 1600 g/mol. The molecule has 0 unspecified atom stereocenters. The molecule has 3 aromatic rings. The van der Waals surface area contributed by atoms with Crippen molar-refractivity contribution in [2.45, 2.75) is 233 Å². The molecule has 0 bridgehead atoms. The molecule has 14 amide bonds. The molecule has 48 heteroatoms. The topological polar surface area (TPSA) is 794 Å². The van der Waals surface area contributed by atoms with E-state index in [0.29, 0.717) is 17.7 Å². The Morgan fingerprint density at radius 2 is 0.909 bits per heavy atom. The number of unbranched alkanes of at least 4 members (excludes halogenated alkanes) is 2. The maximum absolute atomic E-state index is 14.6. The lowest BCUT2D eigenvalue weighted by Crippen LogP contribution is -2.63. The summed E-state index contributed by atoms with van der Waals surface area (Å²) in [5.74, 6) is -18.7. The Balaban J connectivity index is 1.48. The van der Waals surface area contributed by atoms with E-state index in [-0.39, 0.29) is 108 Å². The van der Waals surface area contributed by atoms with E-state index >= 15 is 0 Å². The zero-order valence-corrected chi connectivity index (χ0v) is 67.4. The van der Waals surface area contributed by atoms with Crippen LogP contribution in [0.5, 0.6) is 0 Å². The molecule has 1 fully saturated rings. The summed E-state index contributed by atoms with van der Waals surface area (Å²) >= 11 is 0. The van der Waals surface area contributed by atoms with Crippen LogP contribution in [0, 0.1) is 0 Å². The molecule has 1 aliphatic heterocycles. The summed E-state index contributed by atoms with van der Waals surface area (Å²) in [6.07, 6.45) is -3.11. The highest BCUT2D eigenvalue weighted by Gasteiger charge is 2.43. The van der Waals surface area contributed by atoms with Crippen molar-refractivity contribution in [2.75, 3.05) is 45.9 Å². The number of amides is 14. The molecule has 0 spiro atoms. The van der Waals surface area contributed by atoms with Gasteiger partial charge in [-0.1, -0.05) is 30.3 Å². The number of rotatable bonds is 55. The fourth-order valence-corrected chi connectivity index (χ4v) is 12.3. The molecule has 121 heavy (non-hydrogen) atoms. The van der Waals surface area contributed by atoms with Crippen LogP contribution in [-0.2, 0) is 96.0 Å². The normalized spacial score (nSPS) is 16.7. The molecule has 48 nitrogen and oxygen atoms in total. The van der Waals surface area contributed by atoms with Crippen LogP contribution in [0.25, 0.3) is 0 Å². The van der Waals surface area contributed by atoms with Gasteiger partial charge in [-0.05, 0) is 117 Å². The van der Waals surface area contributed by atoms with Crippen LogP contribution < -0.4 is 97.8 Å². The number of carbonyl (C=O) groups excluding carboxylic acids is 14. The Kier molecular flexibility index (Phi) is 43.7. The number of aliphatic hydroxyl groups is 6. The average molecular weight is 1710 g/mol. The lowest BCUT2D eigenvalue weighted by Gasteiger charge is -2.31. The van der Waals surface area contributed by atoms with Gasteiger partial charge in [0.25, 0.3) is 0 Å². The number of aliphatic imine (C=N–C) groups is 1. The molecule has 0 aliphatic carbocycles. The predicted molar refractivity (Wildman–Crippen MR) is 425 cm³/mol. The Bertz CT molecular complexity index is 3930. The molecule has 18 atom stereocenters. The second kappa shape index (κ2) is 52.2. The summed E-state index contributed by atoms with van der Waals surface area (Å²) in [6.45, 7) is 1.28. The number of carboxylic acids is 2. The number of carbonyl (C=O) groups is 16. The third kappa shape index (κ3) is 34.7. The van der Waals surface area contributed by atoms with Crippen molar-refractivity contribution < 1.29 is 118 Å². The minimum absolute atomic E-state index is 0.00399. The fourth-order valence-electron chi connectivity index (χ4n) is 12.3. The minimum Gasteiger partial charge on any atom is -0.481 e. The summed E-state index contributed by atoms with van der Waals surface area (Å²) < 4.78 is 0. The average Bonchev–Trinajstić information content (AvgIpc) is 1.74. The van der Waals surface area contributed by atoms with Gasteiger partial charge in [0.2, 0.25) is 82.7 Å². The highest BCUT2D eigenvalue weighted by Crippen LogP contribution is 2.22. The van der Waals surface area contributed by atoms with Crippen LogP contribution in [0.4, 0.5) is 0 Å². The van der Waals surface area contributed by atoms with Crippen molar-refractivity contribution in [3.63, 3.8) is 0 Å². The number of hydrogen-bond acceptors (Lipinski definition) is 28. The first kappa shape index (κ1) is 101. The number of carboxylic acid groups (broad SMARTS) is 2. The maximum atomic E-state index is 14.6. The van der Waals surface area contributed by atoms with Crippen molar-refractivity contribution in [1.82, 2.24) is 94.0 Å². The maximum Gasteiger partial charge on any atom is 0.328 e. The molecule has 672 valence electrons. The van der Waals surface area contributed by atoms with Crippen molar-refractivity contribution in [1.29, 1.82) is 0 Å². The zero-order valence-electron chi connectivity index (χ0n) is 67.4. The predicted octanol–water partition coefficient (Wildman–Crippen LogP) is -11.8. The van der Waals surface area contributed by atoms with Crippen molar-refractivity contribution in [3.8, 4) is 0 Å². The summed E-state index contributed by atoms with van der Waals surface area (Å²) in [5.41, 5.74) is 29.7. The minimum atomic E-state index is -2.03. The number of aliphatic hydroxyl groups excluding tert-OH is 6. The number of nitrogens with two attached hydrogens (primary N) is 5. The Morgan fingerprint density at radius 1 is 0.488 bits per heavy atom. The molecule has 33 N–H and O–H groups in total. The van der Waals surface area contributed by atoms with E-state index in [1.807, 2.05) is 0 Å². The largest absolute Gasteiger partial charge is 0.481 e. The highest BCUT2D eigenvalue weighted by molar-refractivity contribution is 6.01. The van der Waals surface area contributed by atoms with Gasteiger partial charge in [0.1, 0.15) is 78.5 Å². The Labute approximate surface area is 694 Å². The zero-order chi connectivity index (χ0) is 90.2. The summed E-state index contributed by atoms with van der Waals surface area (Å²) in [5, 5.41) is 113. The van der Waals surface area contributed by atoms with E-state index in [1.54, 1.807) is 30.3 Å². The van der Waals surface area contributed by atoms with Crippen molar-refractivity contribution >= 4 is 101 Å². The molecule has 0 radical (unpaired) electrons. The number of likely N-dealkylation sites (tertiary alicyclic amines) is 1. The summed E-state index contributed by atoms with van der Waals surface area (Å²) in [7, 11) is 0. The lowest BCUT2D eigenvalue weighted by molar-refractivity contribution is -0.144. The van der Waals surface area contributed by atoms with Gasteiger partial charge >= 0.3 is 11.9 Å². The van der Waals surface area contributed by atoms with Gasteiger partial charge in [-0.2, -0.15) is 0 Å². The van der Waals surface area contributed by atoms with Gasteiger partial charge < -0.3 is 154 Å². The first-order chi connectivity index (χ1) is 57.3. The van der Waals surface area contributed by atoms with E-state index in [4.69, 9.17) is 28.7 Å². The number of aliphatic carboxylic acids is 2. The smallest absolute Gasteiger partial charge is 0.328 e. The Morgan fingerprint density at radius 3 is 1.40 bits per heavy atom. The van der Waals surface area contributed by atoms with E-state index in [0.717, 1.165) is 25.7 Å². The first-order valence-electron chi connectivity index (χ1n) is 39.1. The number of benzene rings is 1. The van der Waals surface area contributed by atoms with E-state index in [2.05, 4.69) is 94.0 Å². The first-order valence-corrected chi connectivity index (χ1v) is 39.1. The van der Waals surface area contributed by atoms with Crippen LogP contribution in [0.1, 0.15) is 122 Å². The van der Waals surface area contributed by atoms with Gasteiger partial charge in [0, 0.05) is 62.6 Å². The third-order valence-electron chi connectivity index (χ3n) is 19.0. The molecule has 4 rings (SSSR count). The Hall–Kier alpha value is -11.9. The van der Waals surface area contributed by atoms with E-state index in [1.165, 1.54) is 32.0 Å². The SMILES string of the molecule is C[C@@H](O)[C@H](NC(=O)[C@H](Cc1cnc[nH]1)NC(=O)[C@@H](NC(=O)[C@H](CCCN=C(N)N)NC(=O)[C@@H](NC(=O)[C@@H](N)Cc1cnc[nH]1)[C@@H](C)O)[C@@H](C)O)C(=O)NCC(=O)N[C@@H](CCCCN)C(=O)N[C@H](C(=O)N[C@@H](CO)C(=O)N[C@@H](CCC(=O)O)C(=O)N[C@@H](CCCCN)C(=O)N1CCC[C@H]1C(=O)N[C@@H](Cc1ccccc1)C(=O)N[C@@H](CO)C(=O)O)[C@@H](C)O. The molecule has 0 saturated carbocycles. The van der Waals surface area contributed by atoms with Crippen LogP contribution in [-0.4, -0.2) is 321 Å². The lowest BCUT2D eigenvalue weighted by atomic mass is 10.0. The number of nitrogens with zero attached hydrogens (tertiary/aromatic N) is 4. The van der Waals surface area contributed by atoms with Crippen LogP contribution >= 0.6 is 0 Å². The standard InChI is InChI=1S/C73H116N24O24/c1-36(100)55(94-64(112)49(28-42-30-80-35-84-42)90-69(117)57(38(3)102)96-62(110)45(18-12-24-81-73(77)78)87-68(116)56(37(2)101)93-59(107)43(76)27-41-29-79-34-83-41)67(115)82-31-53(104)85-44(16-8-10-22-74)61(109)95-58(39(4)103)70(118)91-50(32-98)65(113)86-46(20-21-54(105)106)60(108)88-47(17-9-11-23-75)71(119)97-25-13-19-52(97)66(114)89-48(26-40-14-6-5-7-15-40)63(111)92-51(33-99)72(120)121/h5-7,14-15,29-30,34-39,43-52,55-58,98-103H,8-13,16-28,31-33,74-76H2,1-4H3,(H,79,83)(H,80,84)(H,82,115)(H,85,104)(H,86,113)(H,87,116)(H,88,108)(H,89,114)(H,90,117)(H,91,118)(H,92,111)(H,93,107)(H,94,112)(H,95,109)(H,96,110)(H,105,106)(H,120,121)(H4,77,78,81)/t36-,37-,38-,39-,43+,44+,45+,46+,47+,48+,49+,50+,51+,52+,55+,56+,57+,58+/m1/s1. The number of aromatic amines is 2. The number of nitrogens with one attached hydrogen (secondary N) is 15. The van der Waals surface area contributed by atoms with Crippen LogP contribution in [0.15, 0.2) is 60.4 Å². The number of hydrogen-bond donors (Lipinski definition) is 28. The fraction of sp³-hybridized carbons (Fsp3) is 0.603. The molecule has 3 heterocycles. The molecular formula is C73H116N24O24. The van der Waals surface area contributed by atoms with Crippen molar-refractivity contribution in [3.05, 3.63) is 72.3 Å². The van der Waals surface area contributed by atoms with Crippen molar-refractivity contribution in [2.24, 2.45) is 33.7 Å². The van der Waals surface area contributed by atoms with Gasteiger partial charge in [-0.25, -0.2) is 14.8 Å². The number of H-pyrrole nitrogens is 2. The summed E-state index contributed by atoms with van der Waals surface area (Å²) in [4.78, 5) is 238. The second-order valence-electron chi connectivity index (χ2n) is 28.9. The van der Waals surface area contributed by atoms with Gasteiger partial charge in [-0.3, -0.25) is 76.9 Å². The monoisotopic (exact) mass is 1710 g/mol. The molecule has 1 saturated heterocycles. The van der Waals surface area contributed by atoms with Crippen LogP contribution in [0.3, 0.4) is 0 Å². The molecule has 2 aromatic heterocycles. The molecule has 1 aliphatic rings. The van der Waals surface area contributed by atoms with Gasteiger partial charge in [0.05, 0.1) is 62.9 Å². The van der Waals surface area contributed by atoms with E-state index in [9.17, 15) is 118 Å². The van der Waals surface area contributed by atoms with Gasteiger partial charge in [-0.15, -0.1) is 0 Å². The summed E-state index contributed by atoms with van der Waals surface area (Å²) in [6, 6.07) is -15.2. The number of guanidine groups is 1.